The van der Waals surface area contributed by atoms with E-state index in [9.17, 15) is 10.2 Å². The zero-order valence-corrected chi connectivity index (χ0v) is 19.2. The van der Waals surface area contributed by atoms with Gasteiger partial charge in [0.25, 0.3) is 0 Å². The standard InChI is InChI=1S/C24H38O2Si/c1-22(2,3)24(27(5)6)14-20(26)23(4)12-11-18-17-10-8-16(25)13-15(17)7-9-19(18)21(23)24/h8,10,13,18-21,25-27H,7,9,11-12,14H2,1-6H3/t18-,19-,20?,21+,23-,24?/m1/s1. The summed E-state index contributed by atoms with van der Waals surface area (Å²) in [4.78, 5) is 0. The molecule has 2 N–H and O–H groups in total. The average Bonchev–Trinajstić information content (AvgIpc) is 2.83. The Morgan fingerprint density at radius 3 is 2.48 bits per heavy atom. The van der Waals surface area contributed by atoms with Gasteiger partial charge in [0.1, 0.15) is 5.75 Å². The highest BCUT2D eigenvalue weighted by Gasteiger charge is 2.68. The molecule has 0 radical (unpaired) electrons. The van der Waals surface area contributed by atoms with Gasteiger partial charge in [0.2, 0.25) is 0 Å². The minimum atomic E-state index is -1.02. The zero-order valence-electron chi connectivity index (χ0n) is 18.0. The summed E-state index contributed by atoms with van der Waals surface area (Å²) in [5.41, 5.74) is 3.15. The maximum Gasteiger partial charge on any atom is 0.115 e. The van der Waals surface area contributed by atoms with E-state index in [0.29, 0.717) is 28.5 Å². The number of phenolic OH excluding ortho intramolecular Hbond substituents is 1. The average molecular weight is 387 g/mol. The molecule has 3 aliphatic rings. The summed E-state index contributed by atoms with van der Waals surface area (Å²) >= 11 is 0. The van der Waals surface area contributed by atoms with Crippen LogP contribution in [0.4, 0.5) is 0 Å². The number of aryl methyl sites for hydroxylation is 1. The van der Waals surface area contributed by atoms with Gasteiger partial charge in [-0.25, -0.2) is 0 Å². The lowest BCUT2D eigenvalue weighted by atomic mass is 9.51. The Balaban J connectivity index is 1.85. The lowest BCUT2D eigenvalue weighted by Gasteiger charge is -2.59. The Labute approximate surface area is 167 Å². The van der Waals surface area contributed by atoms with Crippen LogP contribution in [0.1, 0.15) is 70.4 Å². The molecule has 0 saturated heterocycles. The molecule has 2 nitrogen and oxygen atoms in total. The van der Waals surface area contributed by atoms with E-state index in [2.05, 4.69) is 46.9 Å². The lowest BCUT2D eigenvalue weighted by Crippen LogP contribution is -2.52. The fourth-order valence-electron chi connectivity index (χ4n) is 8.06. The van der Waals surface area contributed by atoms with Gasteiger partial charge < -0.3 is 10.2 Å². The smallest absolute Gasteiger partial charge is 0.115 e. The maximum atomic E-state index is 11.3. The fourth-order valence-corrected chi connectivity index (χ4v) is 11.8. The van der Waals surface area contributed by atoms with Gasteiger partial charge in [0, 0.05) is 8.80 Å². The van der Waals surface area contributed by atoms with E-state index >= 15 is 0 Å². The molecule has 3 aliphatic carbocycles. The second kappa shape index (κ2) is 6.10. The number of hydrogen-bond acceptors (Lipinski definition) is 2. The largest absolute Gasteiger partial charge is 0.508 e. The third kappa shape index (κ3) is 2.53. The molecule has 27 heavy (non-hydrogen) atoms. The number of aliphatic hydroxyl groups is 1. The first-order valence-electron chi connectivity index (χ1n) is 11.0. The zero-order chi connectivity index (χ0) is 19.8. The van der Waals surface area contributed by atoms with Gasteiger partial charge >= 0.3 is 0 Å². The summed E-state index contributed by atoms with van der Waals surface area (Å²) in [5.74, 6) is 2.30. The maximum absolute atomic E-state index is 11.3. The lowest BCUT2D eigenvalue weighted by molar-refractivity contribution is -0.0372. The van der Waals surface area contributed by atoms with Crippen LogP contribution in [0.15, 0.2) is 18.2 Å². The van der Waals surface area contributed by atoms with Crippen molar-refractivity contribution in [2.45, 2.75) is 90.0 Å². The highest BCUT2D eigenvalue weighted by Crippen LogP contribution is 2.75. The summed E-state index contributed by atoms with van der Waals surface area (Å²) < 4.78 is 0. The van der Waals surface area contributed by atoms with Gasteiger partial charge in [0.15, 0.2) is 0 Å². The number of hydrogen-bond donors (Lipinski definition) is 2. The Bertz CT molecular complexity index is 736. The fraction of sp³-hybridized carbons (Fsp3) is 0.750. The monoisotopic (exact) mass is 386 g/mol. The van der Waals surface area contributed by atoms with E-state index in [1.54, 1.807) is 0 Å². The molecule has 2 fully saturated rings. The van der Waals surface area contributed by atoms with Crippen molar-refractivity contribution in [1.82, 2.24) is 0 Å². The normalized spacial score (nSPS) is 41.2. The quantitative estimate of drug-likeness (QED) is 0.626. The van der Waals surface area contributed by atoms with E-state index < -0.39 is 8.80 Å². The third-order valence-corrected chi connectivity index (χ3v) is 12.7. The van der Waals surface area contributed by atoms with Gasteiger partial charge in [-0.2, -0.15) is 0 Å². The minimum Gasteiger partial charge on any atom is -0.508 e. The van der Waals surface area contributed by atoms with Crippen molar-refractivity contribution in [3.05, 3.63) is 29.3 Å². The molecule has 0 amide bonds. The molecule has 0 spiro atoms. The molecule has 2 unspecified atom stereocenters. The molecule has 1 aromatic rings. The molecular weight excluding hydrogens is 348 g/mol. The first-order chi connectivity index (χ1) is 12.5. The van der Waals surface area contributed by atoms with Crippen molar-refractivity contribution in [2.24, 2.45) is 22.7 Å². The van der Waals surface area contributed by atoms with Gasteiger partial charge in [0.05, 0.1) is 6.10 Å². The van der Waals surface area contributed by atoms with Crippen molar-refractivity contribution in [3.8, 4) is 5.75 Å². The van der Waals surface area contributed by atoms with Crippen LogP contribution in [0, 0.1) is 22.7 Å². The van der Waals surface area contributed by atoms with Crippen LogP contribution in [0.3, 0.4) is 0 Å². The van der Waals surface area contributed by atoms with Crippen molar-refractivity contribution >= 4 is 8.80 Å². The molecule has 6 atom stereocenters. The van der Waals surface area contributed by atoms with Gasteiger partial charge in [-0.3, -0.25) is 0 Å². The summed E-state index contributed by atoms with van der Waals surface area (Å²) in [6.07, 6.45) is 5.47. The number of phenols is 1. The Morgan fingerprint density at radius 1 is 1.15 bits per heavy atom. The molecule has 0 heterocycles. The summed E-state index contributed by atoms with van der Waals surface area (Å²) in [5, 5.41) is 21.6. The summed E-state index contributed by atoms with van der Waals surface area (Å²) in [6, 6.07) is 6.07. The predicted octanol–water partition coefficient (Wildman–Crippen LogP) is 5.49. The van der Waals surface area contributed by atoms with Crippen LogP contribution in [-0.2, 0) is 6.42 Å². The number of aromatic hydroxyl groups is 1. The van der Waals surface area contributed by atoms with E-state index in [1.807, 2.05) is 12.1 Å². The van der Waals surface area contributed by atoms with Crippen molar-refractivity contribution in [3.63, 3.8) is 0 Å². The van der Waals surface area contributed by atoms with E-state index in [-0.39, 0.29) is 16.9 Å². The summed E-state index contributed by atoms with van der Waals surface area (Å²) in [7, 11) is -1.02. The molecule has 150 valence electrons. The molecule has 0 aliphatic heterocycles. The first-order valence-corrected chi connectivity index (χ1v) is 13.9. The molecule has 4 rings (SSSR count). The Kier molecular flexibility index (Phi) is 4.40. The van der Waals surface area contributed by atoms with Crippen molar-refractivity contribution < 1.29 is 10.2 Å². The van der Waals surface area contributed by atoms with Crippen molar-refractivity contribution in [2.75, 3.05) is 0 Å². The molecule has 2 saturated carbocycles. The number of benzene rings is 1. The SMILES string of the molecule is C[SiH](C)C1(C(C)(C)C)CC(O)[C@@]2(C)CC[C@@H]3c4ccc(O)cc4CC[C@H]3[C@H]12. The van der Waals surface area contributed by atoms with Crippen LogP contribution in [-0.4, -0.2) is 25.1 Å². The number of rotatable bonds is 1. The van der Waals surface area contributed by atoms with E-state index in [0.717, 1.165) is 19.3 Å². The molecule has 3 heteroatoms. The third-order valence-electron chi connectivity index (χ3n) is 9.20. The molecular formula is C24H38O2Si. The van der Waals surface area contributed by atoms with Gasteiger partial charge in [-0.15, -0.1) is 0 Å². The first kappa shape index (κ1) is 19.5. The van der Waals surface area contributed by atoms with Crippen LogP contribution in [0.5, 0.6) is 5.75 Å². The van der Waals surface area contributed by atoms with E-state index in [4.69, 9.17) is 0 Å². The summed E-state index contributed by atoms with van der Waals surface area (Å²) in [6.45, 7) is 14.8. The van der Waals surface area contributed by atoms with Crippen LogP contribution in [0.2, 0.25) is 18.1 Å². The van der Waals surface area contributed by atoms with Crippen LogP contribution in [0.25, 0.3) is 0 Å². The van der Waals surface area contributed by atoms with Crippen molar-refractivity contribution in [1.29, 1.82) is 0 Å². The van der Waals surface area contributed by atoms with Gasteiger partial charge in [-0.1, -0.05) is 46.9 Å². The molecule has 0 bridgehead atoms. The Hall–Kier alpha value is -0.803. The minimum absolute atomic E-state index is 0.0696. The second-order valence-electron chi connectivity index (χ2n) is 11.4. The highest BCUT2D eigenvalue weighted by molar-refractivity contribution is 6.60. The Morgan fingerprint density at radius 2 is 1.85 bits per heavy atom. The predicted molar refractivity (Wildman–Crippen MR) is 115 cm³/mol. The van der Waals surface area contributed by atoms with Crippen LogP contribution < -0.4 is 0 Å². The van der Waals surface area contributed by atoms with Crippen LogP contribution >= 0.6 is 0 Å². The second-order valence-corrected chi connectivity index (χ2v) is 14.7. The topological polar surface area (TPSA) is 40.5 Å². The van der Waals surface area contributed by atoms with Gasteiger partial charge in [-0.05, 0) is 89.0 Å². The highest BCUT2D eigenvalue weighted by atomic mass is 28.3. The van der Waals surface area contributed by atoms with E-state index in [1.165, 1.54) is 24.0 Å². The molecule has 0 aromatic heterocycles. The number of aliphatic hydroxyl groups excluding tert-OH is 1. The molecule has 1 aromatic carbocycles. The number of fused-ring (bicyclic) bond motifs is 5.